The minimum atomic E-state index is -0.116. The smallest absolute Gasteiger partial charge is 0.255 e. The molecule has 3 aromatic carbocycles. The molecule has 1 aliphatic rings. The third-order valence-corrected chi connectivity index (χ3v) is 7.57. The van der Waals surface area contributed by atoms with Gasteiger partial charge in [-0.15, -0.1) is 0 Å². The van der Waals surface area contributed by atoms with Crippen LogP contribution in [0, 0.1) is 0 Å². The van der Waals surface area contributed by atoms with Gasteiger partial charge in [-0.05, 0) is 80.6 Å². The lowest BCUT2D eigenvalue weighted by Crippen LogP contribution is -2.30. The monoisotopic (exact) mass is 559 g/mol. The van der Waals surface area contributed by atoms with E-state index in [1.807, 2.05) is 108 Å². The summed E-state index contributed by atoms with van der Waals surface area (Å²) in [5, 5.41) is 1.82. The molecule has 0 unspecified atom stereocenters. The number of aromatic nitrogens is 2. The number of anilines is 1. The van der Waals surface area contributed by atoms with Crippen LogP contribution in [0.4, 0.5) is 5.69 Å². The summed E-state index contributed by atoms with van der Waals surface area (Å²) in [6.45, 7) is 14.4. The number of allylic oxidation sites excluding steroid dienone is 1. The van der Waals surface area contributed by atoms with Crippen molar-refractivity contribution in [3.63, 3.8) is 0 Å². The van der Waals surface area contributed by atoms with Crippen LogP contribution in [0.2, 0.25) is 0 Å². The number of fused-ring (bicyclic) bond motifs is 4. The van der Waals surface area contributed by atoms with Gasteiger partial charge in [0.15, 0.2) is 0 Å². The summed E-state index contributed by atoms with van der Waals surface area (Å²) >= 11 is 0. The molecular formula is C37H41N3O2. The van der Waals surface area contributed by atoms with E-state index < -0.39 is 0 Å². The fourth-order valence-electron chi connectivity index (χ4n) is 5.29. The van der Waals surface area contributed by atoms with E-state index in [-0.39, 0.29) is 11.5 Å². The van der Waals surface area contributed by atoms with E-state index in [1.165, 1.54) is 5.56 Å². The molecule has 5 nitrogen and oxygen atoms in total. The van der Waals surface area contributed by atoms with Crippen LogP contribution in [0.25, 0.3) is 27.5 Å². The van der Waals surface area contributed by atoms with Crippen LogP contribution >= 0.6 is 0 Å². The summed E-state index contributed by atoms with van der Waals surface area (Å²) < 4.78 is 1.76. The molecule has 1 aliphatic heterocycles. The van der Waals surface area contributed by atoms with Gasteiger partial charge in [-0.3, -0.25) is 19.1 Å². The number of hydrogen-bond acceptors (Lipinski definition) is 3. The third-order valence-electron chi connectivity index (χ3n) is 7.57. The Hall–Kier alpha value is -4.51. The van der Waals surface area contributed by atoms with E-state index in [0.717, 1.165) is 68.3 Å². The average Bonchev–Trinajstić information content (AvgIpc) is 3.46. The Morgan fingerprint density at radius 3 is 2.29 bits per heavy atom. The highest BCUT2D eigenvalue weighted by Gasteiger charge is 2.26. The Bertz CT molecular complexity index is 1810. The Balaban J connectivity index is 0.000000972. The lowest BCUT2D eigenvalue weighted by atomic mass is 10.0. The number of amides is 1. The molecular weight excluding hydrogens is 518 g/mol. The van der Waals surface area contributed by atoms with Crippen LogP contribution in [0.5, 0.6) is 0 Å². The second-order valence-electron chi connectivity index (χ2n) is 10.2. The van der Waals surface area contributed by atoms with Crippen molar-refractivity contribution in [2.75, 3.05) is 11.4 Å². The molecule has 0 saturated carbocycles. The Morgan fingerprint density at radius 2 is 1.57 bits per heavy atom. The number of carbonyl (C=O) groups is 1. The summed E-state index contributed by atoms with van der Waals surface area (Å²) in [6, 6.07) is 26.1. The van der Waals surface area contributed by atoms with Crippen molar-refractivity contribution in [1.82, 2.24) is 9.55 Å². The summed E-state index contributed by atoms with van der Waals surface area (Å²) in [7, 11) is 0. The van der Waals surface area contributed by atoms with Gasteiger partial charge in [0.05, 0.1) is 16.7 Å². The van der Waals surface area contributed by atoms with Gasteiger partial charge in [0, 0.05) is 40.8 Å². The maximum atomic E-state index is 13.4. The van der Waals surface area contributed by atoms with Crippen molar-refractivity contribution < 1.29 is 4.79 Å². The van der Waals surface area contributed by atoms with Crippen LogP contribution in [0.3, 0.4) is 0 Å². The molecule has 6 rings (SSSR count). The lowest BCUT2D eigenvalue weighted by molar-refractivity contribution is -0.115. The lowest BCUT2D eigenvalue weighted by Gasteiger charge is -2.20. The van der Waals surface area contributed by atoms with Crippen LogP contribution in [0.1, 0.15) is 65.2 Å². The molecule has 1 amide bonds. The normalized spacial score (nSPS) is 11.7. The van der Waals surface area contributed by atoms with Crippen molar-refractivity contribution >= 4 is 33.4 Å². The van der Waals surface area contributed by atoms with Gasteiger partial charge in [0.25, 0.3) is 11.5 Å². The van der Waals surface area contributed by atoms with Crippen molar-refractivity contribution in [3.05, 3.63) is 123 Å². The molecule has 5 heteroatoms. The van der Waals surface area contributed by atoms with Gasteiger partial charge in [0.1, 0.15) is 0 Å². The van der Waals surface area contributed by atoms with Gasteiger partial charge in [-0.1, -0.05) is 75.7 Å². The zero-order valence-corrected chi connectivity index (χ0v) is 25.9. The second-order valence-corrected chi connectivity index (χ2v) is 10.2. The quantitative estimate of drug-likeness (QED) is 0.164. The van der Waals surface area contributed by atoms with E-state index in [0.29, 0.717) is 6.54 Å². The van der Waals surface area contributed by atoms with Gasteiger partial charge in [-0.25, -0.2) is 0 Å². The standard InChI is InChI=1S/C33H29N3O2.2C2H6/c1-21(2)22(3)33(38)35-16-15-25-10-12-27(19-30(25)35)36-31(37)14-11-26-20-34-29-13-9-24(18-28(29)32(26)36)17-23-7-5-4-6-8-23;2*1-2/h4-14,18-20H,15-17H2,1-3H3;2*1-2H3. The molecule has 0 N–H and O–H groups in total. The third kappa shape index (κ3) is 5.91. The van der Waals surface area contributed by atoms with E-state index in [1.54, 1.807) is 10.6 Å². The molecule has 0 spiro atoms. The van der Waals surface area contributed by atoms with Crippen molar-refractivity contribution in [2.24, 2.45) is 0 Å². The topological polar surface area (TPSA) is 55.2 Å². The van der Waals surface area contributed by atoms with Crippen LogP contribution in [0.15, 0.2) is 101 Å². The van der Waals surface area contributed by atoms with Crippen molar-refractivity contribution in [2.45, 2.75) is 61.3 Å². The Morgan fingerprint density at radius 1 is 0.833 bits per heavy atom. The van der Waals surface area contributed by atoms with Crippen LogP contribution < -0.4 is 10.5 Å². The predicted molar refractivity (Wildman–Crippen MR) is 177 cm³/mol. The SMILES string of the molecule is CC.CC.CC(C)=C(C)C(=O)N1CCc2ccc(-n3c(=O)ccc4cnc5ccc(Cc6ccccc6)cc5c43)cc21. The highest BCUT2D eigenvalue weighted by Crippen LogP contribution is 2.33. The minimum absolute atomic E-state index is 0.0198. The van der Waals surface area contributed by atoms with Gasteiger partial charge >= 0.3 is 0 Å². The number of hydrogen-bond donors (Lipinski definition) is 0. The van der Waals surface area contributed by atoms with Crippen LogP contribution in [-0.4, -0.2) is 22.0 Å². The summed E-state index contributed by atoms with van der Waals surface area (Å²) in [5.41, 5.74) is 8.44. The first kappa shape index (κ1) is 30.4. The average molecular weight is 560 g/mol. The fraction of sp³-hybridized carbons (Fsp3) is 0.270. The summed E-state index contributed by atoms with van der Waals surface area (Å²) in [5.74, 6) is 0.0198. The largest absolute Gasteiger partial charge is 0.308 e. The van der Waals surface area contributed by atoms with Gasteiger partial charge < -0.3 is 4.90 Å². The molecule has 0 aliphatic carbocycles. The van der Waals surface area contributed by atoms with E-state index in [4.69, 9.17) is 0 Å². The first-order valence-corrected chi connectivity index (χ1v) is 15.0. The van der Waals surface area contributed by atoms with Crippen LogP contribution in [-0.2, 0) is 17.6 Å². The zero-order chi connectivity index (χ0) is 30.4. The predicted octanol–water partition coefficient (Wildman–Crippen LogP) is 8.43. The minimum Gasteiger partial charge on any atom is -0.308 e. The van der Waals surface area contributed by atoms with E-state index in [2.05, 4.69) is 29.2 Å². The van der Waals surface area contributed by atoms with Crippen molar-refractivity contribution in [3.8, 4) is 5.69 Å². The second kappa shape index (κ2) is 13.4. The van der Waals surface area contributed by atoms with Crippen molar-refractivity contribution in [1.29, 1.82) is 0 Å². The highest BCUT2D eigenvalue weighted by atomic mass is 16.2. The van der Waals surface area contributed by atoms with Gasteiger partial charge in [0.2, 0.25) is 0 Å². The highest BCUT2D eigenvalue weighted by molar-refractivity contribution is 6.07. The number of rotatable bonds is 4. The molecule has 0 fully saturated rings. The summed E-state index contributed by atoms with van der Waals surface area (Å²) in [6.07, 6.45) is 3.42. The Labute approximate surface area is 249 Å². The molecule has 216 valence electrons. The molecule has 3 heterocycles. The number of nitrogens with zero attached hydrogens (tertiary/aromatic N) is 3. The molecule has 0 saturated heterocycles. The molecule has 5 aromatic rings. The first-order valence-electron chi connectivity index (χ1n) is 15.0. The van der Waals surface area contributed by atoms with Gasteiger partial charge in [-0.2, -0.15) is 0 Å². The fourth-order valence-corrected chi connectivity index (χ4v) is 5.29. The molecule has 42 heavy (non-hydrogen) atoms. The molecule has 0 bridgehead atoms. The number of carbonyl (C=O) groups excluding carboxylic acids is 1. The zero-order valence-electron chi connectivity index (χ0n) is 25.9. The first-order chi connectivity index (χ1) is 20.4. The Kier molecular flexibility index (Phi) is 9.74. The molecule has 0 atom stereocenters. The summed E-state index contributed by atoms with van der Waals surface area (Å²) in [4.78, 5) is 33.2. The molecule has 2 aromatic heterocycles. The number of benzene rings is 3. The maximum absolute atomic E-state index is 13.4. The van der Waals surface area contributed by atoms with E-state index >= 15 is 0 Å². The van der Waals surface area contributed by atoms with E-state index in [9.17, 15) is 9.59 Å². The molecule has 0 radical (unpaired) electrons. The maximum Gasteiger partial charge on any atom is 0.255 e. The number of pyridine rings is 2.